The monoisotopic (exact) mass is 474 g/mol. The number of nitro groups is 1. The second-order valence-electron chi connectivity index (χ2n) is 6.90. The Morgan fingerprint density at radius 3 is 2.78 bits per heavy atom. The maximum absolute atomic E-state index is 12.9. The number of aromatic nitrogens is 2. The van der Waals surface area contributed by atoms with Crippen LogP contribution < -0.4 is 0 Å². The predicted molar refractivity (Wildman–Crippen MR) is 119 cm³/mol. The number of thioether (sulfide) groups is 2. The molecule has 1 amide bonds. The molecular weight excluding hydrogens is 456 g/mol. The minimum Gasteiger partial charge on any atom is -0.456 e. The van der Waals surface area contributed by atoms with Crippen LogP contribution >= 0.6 is 23.5 Å². The largest absolute Gasteiger partial charge is 0.456 e. The number of benzene rings is 1. The van der Waals surface area contributed by atoms with Crippen molar-refractivity contribution in [2.45, 2.75) is 12.0 Å². The summed E-state index contributed by atoms with van der Waals surface area (Å²) in [7, 11) is 1.78. The van der Waals surface area contributed by atoms with Crippen LogP contribution in [-0.2, 0) is 28.0 Å². The molecule has 1 atom stereocenters. The molecule has 2 aliphatic rings. The van der Waals surface area contributed by atoms with E-state index in [4.69, 9.17) is 4.74 Å². The quantitative estimate of drug-likeness (QED) is 0.201. The van der Waals surface area contributed by atoms with Crippen molar-refractivity contribution in [2.75, 3.05) is 12.4 Å². The number of aliphatic hydroxyl groups is 1. The maximum Gasteiger partial charge on any atom is 0.357 e. The van der Waals surface area contributed by atoms with E-state index < -0.39 is 10.9 Å². The molecule has 0 radical (unpaired) electrons. The van der Waals surface area contributed by atoms with Crippen molar-refractivity contribution < 1.29 is 24.4 Å². The number of rotatable bonds is 8. The summed E-state index contributed by atoms with van der Waals surface area (Å²) in [6.07, 6.45) is 5.19. The van der Waals surface area contributed by atoms with Crippen LogP contribution in [-0.4, -0.2) is 54.3 Å². The molecule has 2 aliphatic heterocycles. The van der Waals surface area contributed by atoms with Crippen LogP contribution in [0.4, 0.5) is 5.69 Å². The molecular formula is C20H18N4O6S2. The number of β-lactam (4-membered cyclic amide) rings is 1. The average molecular weight is 475 g/mol. The Morgan fingerprint density at radius 1 is 1.41 bits per heavy atom. The molecule has 0 spiro atoms. The highest BCUT2D eigenvalue weighted by atomic mass is 32.2. The van der Waals surface area contributed by atoms with E-state index in [0.29, 0.717) is 21.1 Å². The maximum atomic E-state index is 12.9. The van der Waals surface area contributed by atoms with Crippen molar-refractivity contribution in [2.24, 2.45) is 7.05 Å². The molecule has 1 saturated heterocycles. The fourth-order valence-electron chi connectivity index (χ4n) is 3.20. The van der Waals surface area contributed by atoms with E-state index in [1.54, 1.807) is 30.2 Å². The van der Waals surface area contributed by atoms with Gasteiger partial charge in [0.05, 0.1) is 27.5 Å². The average Bonchev–Trinajstić information content (AvgIpc) is 3.35. The number of nitro benzene ring substituents is 1. The van der Waals surface area contributed by atoms with E-state index in [2.05, 4.69) is 5.10 Å². The van der Waals surface area contributed by atoms with Gasteiger partial charge in [0.15, 0.2) is 5.70 Å². The predicted octanol–water partition coefficient (Wildman–Crippen LogP) is 2.26. The zero-order valence-electron chi connectivity index (χ0n) is 16.8. The van der Waals surface area contributed by atoms with Gasteiger partial charge in [0.2, 0.25) is 0 Å². The van der Waals surface area contributed by atoms with Crippen LogP contribution in [0.25, 0.3) is 6.08 Å². The van der Waals surface area contributed by atoms with Gasteiger partial charge in [-0.3, -0.25) is 24.5 Å². The molecule has 2 aromatic rings. The number of carbonyl (C=O) groups is 2. The van der Waals surface area contributed by atoms with Crippen LogP contribution in [0, 0.1) is 10.1 Å². The molecule has 3 heterocycles. The van der Waals surface area contributed by atoms with Gasteiger partial charge < -0.3 is 9.84 Å². The lowest BCUT2D eigenvalue weighted by Gasteiger charge is -2.37. The Labute approximate surface area is 191 Å². The lowest BCUT2D eigenvalue weighted by molar-refractivity contribution is -0.384. The third-order valence-electron chi connectivity index (χ3n) is 4.70. The van der Waals surface area contributed by atoms with E-state index in [0.717, 1.165) is 5.56 Å². The Balaban J connectivity index is 1.50. The lowest BCUT2D eigenvalue weighted by Crippen LogP contribution is -2.51. The molecule has 0 saturated carbocycles. The van der Waals surface area contributed by atoms with Gasteiger partial charge in [-0.15, -0.1) is 11.8 Å². The number of fused-ring (bicyclic) bond motifs is 1. The molecule has 1 fully saturated rings. The van der Waals surface area contributed by atoms with Crippen molar-refractivity contribution in [3.8, 4) is 0 Å². The fraction of sp³-hybridized carbons (Fsp3) is 0.250. The standard InChI is InChI=1S/C20H18N4O6S2/c1-22-10-13(9-21-22)8-15-17(26)23-16(20(31-7-6-25)32-18(15)23)19(27)30-11-12-2-4-14(5-3-12)24(28)29/h2-5,8-10,18,25H,6-7,11H2,1H3/t18-/m0/s1. The summed E-state index contributed by atoms with van der Waals surface area (Å²) in [5.41, 5.74) is 2.04. The fourth-order valence-corrected chi connectivity index (χ4v) is 5.68. The van der Waals surface area contributed by atoms with Crippen LogP contribution in [0.5, 0.6) is 0 Å². The Kier molecular flexibility index (Phi) is 6.35. The van der Waals surface area contributed by atoms with Crippen LogP contribution in [0.15, 0.2) is 52.2 Å². The van der Waals surface area contributed by atoms with Gasteiger partial charge in [0, 0.05) is 36.7 Å². The molecule has 4 rings (SSSR count). The summed E-state index contributed by atoms with van der Waals surface area (Å²) in [4.78, 5) is 37.4. The summed E-state index contributed by atoms with van der Waals surface area (Å²) >= 11 is 2.66. The number of nitrogens with zero attached hydrogens (tertiary/aromatic N) is 4. The van der Waals surface area contributed by atoms with Gasteiger partial charge in [-0.2, -0.15) is 5.10 Å². The minimum absolute atomic E-state index is 0.0559. The number of non-ortho nitro benzene ring substituents is 1. The SMILES string of the molecule is Cn1cc(C=C2C(=O)N3C(C(=O)OCc4ccc([N+](=O)[O-])cc4)=C(SCCO)S[C@@H]23)cn1. The van der Waals surface area contributed by atoms with Gasteiger partial charge in [-0.1, -0.05) is 11.8 Å². The first kappa shape index (κ1) is 22.1. The first-order valence-corrected chi connectivity index (χ1v) is 11.3. The smallest absolute Gasteiger partial charge is 0.357 e. The molecule has 0 unspecified atom stereocenters. The van der Waals surface area contributed by atoms with Crippen LogP contribution in [0.1, 0.15) is 11.1 Å². The van der Waals surface area contributed by atoms with Gasteiger partial charge >= 0.3 is 5.97 Å². The molecule has 12 heteroatoms. The summed E-state index contributed by atoms with van der Waals surface area (Å²) < 4.78 is 7.65. The van der Waals surface area contributed by atoms with Gasteiger partial charge in [0.1, 0.15) is 12.0 Å². The van der Waals surface area contributed by atoms with E-state index in [9.17, 15) is 24.8 Å². The number of aliphatic hydroxyl groups excluding tert-OH is 1. The third kappa shape index (κ3) is 4.29. The van der Waals surface area contributed by atoms with Crippen molar-refractivity contribution in [3.63, 3.8) is 0 Å². The molecule has 0 bridgehead atoms. The molecule has 1 aromatic carbocycles. The van der Waals surface area contributed by atoms with Gasteiger partial charge in [-0.05, 0) is 23.8 Å². The van der Waals surface area contributed by atoms with Crippen LogP contribution in [0.3, 0.4) is 0 Å². The summed E-state index contributed by atoms with van der Waals surface area (Å²) in [5.74, 6) is -0.571. The third-order valence-corrected chi connectivity index (χ3v) is 7.28. The first-order chi connectivity index (χ1) is 15.4. The second kappa shape index (κ2) is 9.18. The molecule has 1 N–H and O–H groups in total. The minimum atomic E-state index is -0.660. The normalized spacial score (nSPS) is 18.7. The molecule has 10 nitrogen and oxygen atoms in total. The number of aryl methyl sites for hydroxylation is 1. The number of carbonyl (C=O) groups excluding carboxylic acids is 2. The van der Waals surface area contributed by atoms with E-state index in [-0.39, 0.29) is 35.9 Å². The summed E-state index contributed by atoms with van der Waals surface area (Å²) in [5, 5.41) is 23.7. The Hall–Kier alpha value is -3.09. The lowest BCUT2D eigenvalue weighted by atomic mass is 10.0. The Morgan fingerprint density at radius 2 is 2.16 bits per heavy atom. The zero-order valence-corrected chi connectivity index (χ0v) is 18.5. The first-order valence-electron chi connectivity index (χ1n) is 9.48. The number of amides is 1. The number of hydrogen-bond acceptors (Lipinski definition) is 9. The van der Waals surface area contributed by atoms with Gasteiger partial charge in [0.25, 0.3) is 11.6 Å². The van der Waals surface area contributed by atoms with Crippen molar-refractivity contribution in [3.05, 3.63) is 73.4 Å². The Bertz CT molecular complexity index is 1140. The van der Waals surface area contributed by atoms with Crippen molar-refractivity contribution in [1.29, 1.82) is 0 Å². The van der Waals surface area contributed by atoms with E-state index in [1.807, 2.05) is 0 Å². The molecule has 1 aromatic heterocycles. The summed E-state index contributed by atoms with van der Waals surface area (Å²) in [6.45, 7) is -0.162. The highest BCUT2D eigenvalue weighted by molar-refractivity contribution is 8.22. The zero-order chi connectivity index (χ0) is 22.8. The van der Waals surface area contributed by atoms with E-state index in [1.165, 1.54) is 52.7 Å². The van der Waals surface area contributed by atoms with E-state index >= 15 is 0 Å². The van der Waals surface area contributed by atoms with Crippen molar-refractivity contribution >= 4 is 47.2 Å². The highest BCUT2D eigenvalue weighted by Crippen LogP contribution is 2.53. The number of ether oxygens (including phenoxy) is 1. The number of hydrogen-bond donors (Lipinski definition) is 1. The van der Waals surface area contributed by atoms with Crippen molar-refractivity contribution in [1.82, 2.24) is 14.7 Å². The second-order valence-corrected chi connectivity index (χ2v) is 9.35. The topological polar surface area (TPSA) is 128 Å². The summed E-state index contributed by atoms with van der Waals surface area (Å²) in [6, 6.07) is 5.69. The number of esters is 1. The highest BCUT2D eigenvalue weighted by Gasteiger charge is 2.53. The molecule has 0 aliphatic carbocycles. The molecule has 32 heavy (non-hydrogen) atoms. The molecule has 166 valence electrons. The van der Waals surface area contributed by atoms with Gasteiger partial charge in [-0.25, -0.2) is 4.79 Å². The van der Waals surface area contributed by atoms with Crippen LogP contribution in [0.2, 0.25) is 0 Å².